The van der Waals surface area contributed by atoms with Crippen LogP contribution in [0, 0.1) is 11.3 Å². The molecular formula is C12H17ClN2O2. The van der Waals surface area contributed by atoms with Crippen molar-refractivity contribution in [3.05, 3.63) is 23.1 Å². The van der Waals surface area contributed by atoms with Gasteiger partial charge in [-0.05, 0) is 42.0 Å². The van der Waals surface area contributed by atoms with Crippen molar-refractivity contribution >= 4 is 17.5 Å². The Morgan fingerprint density at radius 2 is 2.41 bits per heavy atom. The Kier molecular flexibility index (Phi) is 3.19. The molecule has 1 aromatic rings. The summed E-state index contributed by atoms with van der Waals surface area (Å²) in [7, 11) is 0. The lowest BCUT2D eigenvalue weighted by atomic mass is 9.58. The molecule has 0 aliphatic heterocycles. The van der Waals surface area contributed by atoms with Crippen molar-refractivity contribution in [1.29, 1.82) is 0 Å². The molecule has 0 aromatic carbocycles. The van der Waals surface area contributed by atoms with Crippen LogP contribution >= 0.6 is 11.6 Å². The van der Waals surface area contributed by atoms with E-state index in [1.807, 2.05) is 0 Å². The summed E-state index contributed by atoms with van der Waals surface area (Å²) in [6, 6.07) is 1.72. The number of carbonyl (C=O) groups is 1. The Bertz CT molecular complexity index is 428. The topological polar surface area (TPSA) is 68.3 Å². The molecule has 2 atom stereocenters. The molecule has 4 nitrogen and oxygen atoms in total. The maximum absolute atomic E-state index is 11.9. The molecule has 0 radical (unpaired) electrons. The van der Waals surface area contributed by atoms with Crippen LogP contribution in [0.5, 0.6) is 0 Å². The van der Waals surface area contributed by atoms with Crippen molar-refractivity contribution in [2.45, 2.75) is 26.3 Å². The number of carbonyl (C=O) groups excluding carboxylic acids is 1. The molecule has 94 valence electrons. The first-order valence-corrected chi connectivity index (χ1v) is 6.08. The summed E-state index contributed by atoms with van der Waals surface area (Å²) < 4.78 is 4.90. The number of amides is 1. The Balaban J connectivity index is 2.00. The number of halogens is 1. The van der Waals surface area contributed by atoms with E-state index < -0.39 is 0 Å². The summed E-state index contributed by atoms with van der Waals surface area (Å²) >= 11 is 5.76. The lowest BCUT2D eigenvalue weighted by molar-refractivity contribution is 0.0200. The number of rotatable bonds is 3. The lowest BCUT2D eigenvalue weighted by Crippen LogP contribution is -2.60. The fourth-order valence-electron chi connectivity index (χ4n) is 2.35. The third kappa shape index (κ3) is 2.07. The van der Waals surface area contributed by atoms with Crippen LogP contribution in [0.4, 0.5) is 0 Å². The summed E-state index contributed by atoms with van der Waals surface area (Å²) in [5.74, 6) is 0.282. The molecular weight excluding hydrogens is 240 g/mol. The van der Waals surface area contributed by atoms with E-state index in [9.17, 15) is 4.79 Å². The zero-order valence-corrected chi connectivity index (χ0v) is 10.8. The van der Waals surface area contributed by atoms with E-state index in [4.69, 9.17) is 21.8 Å². The lowest BCUT2D eigenvalue weighted by Gasteiger charge is -2.52. The van der Waals surface area contributed by atoms with Gasteiger partial charge in [-0.1, -0.05) is 13.8 Å². The normalized spacial score (nSPS) is 26.4. The van der Waals surface area contributed by atoms with Gasteiger partial charge in [0.15, 0.2) is 0 Å². The first-order valence-electron chi connectivity index (χ1n) is 5.70. The first-order chi connectivity index (χ1) is 7.96. The predicted octanol–water partition coefficient (Wildman–Crippen LogP) is 2.04. The zero-order valence-electron chi connectivity index (χ0n) is 10.00. The first kappa shape index (κ1) is 12.5. The number of furan rings is 1. The van der Waals surface area contributed by atoms with Gasteiger partial charge < -0.3 is 15.5 Å². The van der Waals surface area contributed by atoms with Crippen molar-refractivity contribution in [1.82, 2.24) is 5.32 Å². The fourth-order valence-corrected chi connectivity index (χ4v) is 2.55. The Morgan fingerprint density at radius 3 is 2.88 bits per heavy atom. The molecule has 17 heavy (non-hydrogen) atoms. The minimum absolute atomic E-state index is 0.0423. The highest BCUT2D eigenvalue weighted by atomic mass is 35.5. The predicted molar refractivity (Wildman–Crippen MR) is 65.9 cm³/mol. The van der Waals surface area contributed by atoms with E-state index in [0.29, 0.717) is 18.0 Å². The maximum atomic E-state index is 11.9. The standard InChI is InChI=1S/C12H17ClN2O2/c1-12(2)7(6-14)5-9(12)15-11(16)8-3-4-17-10(8)13/h3-4,7,9H,5-6,14H2,1-2H3,(H,15,16). The average Bonchev–Trinajstić information content (AvgIpc) is 2.69. The van der Waals surface area contributed by atoms with Crippen LogP contribution in [0.1, 0.15) is 30.6 Å². The van der Waals surface area contributed by atoms with E-state index >= 15 is 0 Å². The van der Waals surface area contributed by atoms with Gasteiger partial charge in [-0.15, -0.1) is 0 Å². The van der Waals surface area contributed by atoms with Crippen molar-refractivity contribution in [2.24, 2.45) is 17.1 Å². The molecule has 1 amide bonds. The molecule has 1 saturated carbocycles. The van der Waals surface area contributed by atoms with Crippen LogP contribution in [-0.2, 0) is 0 Å². The summed E-state index contributed by atoms with van der Waals surface area (Å²) in [5.41, 5.74) is 6.10. The van der Waals surface area contributed by atoms with Gasteiger partial charge >= 0.3 is 0 Å². The molecule has 1 heterocycles. The average molecular weight is 257 g/mol. The second kappa shape index (κ2) is 4.35. The second-order valence-corrected chi connectivity index (χ2v) is 5.47. The molecule has 1 aliphatic carbocycles. The molecule has 2 rings (SSSR count). The quantitative estimate of drug-likeness (QED) is 0.870. The van der Waals surface area contributed by atoms with Gasteiger partial charge in [0.2, 0.25) is 5.22 Å². The largest absolute Gasteiger partial charge is 0.452 e. The molecule has 0 saturated heterocycles. The van der Waals surface area contributed by atoms with Crippen LogP contribution in [0.2, 0.25) is 5.22 Å². The van der Waals surface area contributed by atoms with Gasteiger partial charge in [0, 0.05) is 6.04 Å². The van der Waals surface area contributed by atoms with Crippen molar-refractivity contribution < 1.29 is 9.21 Å². The Morgan fingerprint density at radius 1 is 1.71 bits per heavy atom. The van der Waals surface area contributed by atoms with Crippen LogP contribution in [0.25, 0.3) is 0 Å². The Labute approximate surface area is 105 Å². The number of hydrogen-bond donors (Lipinski definition) is 2. The second-order valence-electron chi connectivity index (χ2n) is 5.12. The molecule has 0 bridgehead atoms. The number of nitrogens with two attached hydrogens (primary N) is 1. The van der Waals surface area contributed by atoms with Crippen molar-refractivity contribution in [2.75, 3.05) is 6.54 Å². The van der Waals surface area contributed by atoms with Gasteiger partial charge in [0.25, 0.3) is 5.91 Å². The summed E-state index contributed by atoms with van der Waals surface area (Å²) in [6.07, 6.45) is 2.33. The van der Waals surface area contributed by atoms with Gasteiger partial charge in [-0.2, -0.15) is 0 Å². The molecule has 1 aromatic heterocycles. The maximum Gasteiger partial charge on any atom is 0.256 e. The van der Waals surface area contributed by atoms with Crippen molar-refractivity contribution in [3.63, 3.8) is 0 Å². The smallest absolute Gasteiger partial charge is 0.256 e. The van der Waals surface area contributed by atoms with Crippen LogP contribution in [-0.4, -0.2) is 18.5 Å². The van der Waals surface area contributed by atoms with Crippen LogP contribution < -0.4 is 11.1 Å². The highest BCUT2D eigenvalue weighted by Crippen LogP contribution is 2.45. The third-order valence-electron chi connectivity index (χ3n) is 3.92. The van der Waals surface area contributed by atoms with Gasteiger partial charge in [0.05, 0.1) is 11.8 Å². The summed E-state index contributed by atoms with van der Waals surface area (Å²) in [4.78, 5) is 11.9. The van der Waals surface area contributed by atoms with E-state index in [1.54, 1.807) is 6.07 Å². The fraction of sp³-hybridized carbons (Fsp3) is 0.583. The highest BCUT2D eigenvalue weighted by molar-refractivity contribution is 6.32. The van der Waals surface area contributed by atoms with Gasteiger partial charge in [-0.25, -0.2) is 0 Å². The summed E-state index contributed by atoms with van der Waals surface area (Å²) in [5, 5.41) is 3.11. The van der Waals surface area contributed by atoms with Crippen molar-refractivity contribution in [3.8, 4) is 0 Å². The van der Waals surface area contributed by atoms with Crippen LogP contribution in [0.3, 0.4) is 0 Å². The van der Waals surface area contributed by atoms with E-state index in [2.05, 4.69) is 19.2 Å². The molecule has 2 unspecified atom stereocenters. The monoisotopic (exact) mass is 256 g/mol. The number of hydrogen-bond acceptors (Lipinski definition) is 3. The Hall–Kier alpha value is -1.00. The molecule has 1 aliphatic rings. The number of nitrogens with one attached hydrogen (secondary N) is 1. The zero-order chi connectivity index (χ0) is 12.6. The van der Waals surface area contributed by atoms with Gasteiger partial charge in [-0.3, -0.25) is 4.79 Å². The SMILES string of the molecule is CC1(C)C(CN)CC1NC(=O)c1ccoc1Cl. The molecule has 1 fully saturated rings. The molecule has 5 heteroatoms. The highest BCUT2D eigenvalue weighted by Gasteiger charge is 2.47. The minimum Gasteiger partial charge on any atom is -0.452 e. The van der Waals surface area contributed by atoms with Gasteiger partial charge in [0.1, 0.15) is 0 Å². The molecule has 3 N–H and O–H groups in total. The van der Waals surface area contributed by atoms with E-state index in [1.165, 1.54) is 6.26 Å². The van der Waals surface area contributed by atoms with E-state index in [0.717, 1.165) is 6.42 Å². The summed E-state index contributed by atoms with van der Waals surface area (Å²) in [6.45, 7) is 4.90. The third-order valence-corrected chi connectivity index (χ3v) is 4.22. The van der Waals surface area contributed by atoms with Crippen LogP contribution in [0.15, 0.2) is 16.7 Å². The minimum atomic E-state index is -0.183. The molecule has 0 spiro atoms. The van der Waals surface area contributed by atoms with E-state index in [-0.39, 0.29) is 22.6 Å².